The van der Waals surface area contributed by atoms with E-state index in [1.807, 2.05) is 0 Å². The molecule has 0 unspecified atom stereocenters. The number of nitrogens with one attached hydrogen (secondary N) is 1. The molecule has 0 atom stereocenters. The van der Waals surface area contributed by atoms with Crippen LogP contribution in [0.2, 0.25) is 0 Å². The average molecular weight is 299 g/mol. The first kappa shape index (κ1) is 15.4. The lowest BCUT2D eigenvalue weighted by Gasteiger charge is -2.09. The number of carboxylic acid groups (broad SMARTS) is 1. The van der Waals surface area contributed by atoms with E-state index in [1.165, 1.54) is 4.89 Å². The van der Waals surface area contributed by atoms with Gasteiger partial charge in [0.2, 0.25) is 0 Å². The number of alkyl halides is 3. The van der Waals surface area contributed by atoms with Gasteiger partial charge in [-0.1, -0.05) is 4.89 Å². The molecule has 106 valence electrons. The van der Waals surface area contributed by atoms with E-state index in [0.717, 1.165) is 24.3 Å². The minimum atomic E-state index is -4.67. The summed E-state index contributed by atoms with van der Waals surface area (Å²) in [5, 5.41) is 8.59. The summed E-state index contributed by atoms with van der Waals surface area (Å²) in [5.41, 5.74) is -0.157. The Morgan fingerprint density at radius 1 is 1.26 bits per heavy atom. The van der Waals surface area contributed by atoms with Crippen molar-refractivity contribution in [2.24, 2.45) is 0 Å². The molecular formula is C9H8F3NO5S. The van der Waals surface area contributed by atoms with E-state index in [1.54, 1.807) is 0 Å². The predicted molar refractivity (Wildman–Crippen MR) is 55.7 cm³/mol. The van der Waals surface area contributed by atoms with Crippen LogP contribution in [0, 0.1) is 0 Å². The number of sulfonamides is 1. The molecule has 0 spiro atoms. The van der Waals surface area contributed by atoms with Crippen LogP contribution in [-0.4, -0.2) is 32.3 Å². The Labute approximate surface area is 105 Å². The molecule has 1 aromatic carbocycles. The molecule has 1 aromatic rings. The van der Waals surface area contributed by atoms with Gasteiger partial charge in [-0.15, -0.1) is 0 Å². The van der Waals surface area contributed by atoms with Crippen molar-refractivity contribution in [2.45, 2.75) is 11.1 Å². The minimum absolute atomic E-state index is 0.157. The molecule has 0 fully saturated rings. The first-order valence-corrected chi connectivity index (χ1v) is 6.14. The molecule has 0 saturated heterocycles. The second-order valence-corrected chi connectivity index (χ2v) is 4.97. The summed E-state index contributed by atoms with van der Waals surface area (Å²) in [6.07, 6.45) is -4.67. The van der Waals surface area contributed by atoms with Crippen LogP contribution in [0.4, 0.5) is 13.2 Å². The third-order valence-electron chi connectivity index (χ3n) is 1.82. The Kier molecular flexibility index (Phi) is 4.50. The standard InChI is InChI=1S/C9H8F3NO5S/c10-9(11,12)5-18-13-19(16,17)7-3-1-6(2-4-7)8(14)15/h1-4,13H,5H2,(H,14,15). The van der Waals surface area contributed by atoms with Crippen molar-refractivity contribution in [3.8, 4) is 0 Å². The zero-order valence-electron chi connectivity index (χ0n) is 9.14. The topological polar surface area (TPSA) is 92.7 Å². The van der Waals surface area contributed by atoms with Gasteiger partial charge in [-0.2, -0.15) is 13.2 Å². The van der Waals surface area contributed by atoms with Crippen LogP contribution < -0.4 is 4.89 Å². The first-order valence-electron chi connectivity index (χ1n) is 4.65. The van der Waals surface area contributed by atoms with E-state index in [0.29, 0.717) is 0 Å². The highest BCUT2D eigenvalue weighted by Gasteiger charge is 2.29. The molecule has 0 aliphatic heterocycles. The van der Waals surface area contributed by atoms with Gasteiger partial charge in [0.05, 0.1) is 10.5 Å². The normalized spacial score (nSPS) is 12.4. The van der Waals surface area contributed by atoms with E-state index in [9.17, 15) is 26.4 Å². The van der Waals surface area contributed by atoms with Crippen molar-refractivity contribution in [1.29, 1.82) is 0 Å². The largest absolute Gasteiger partial charge is 0.478 e. The zero-order valence-corrected chi connectivity index (χ0v) is 9.96. The highest BCUT2D eigenvalue weighted by Crippen LogP contribution is 2.15. The Balaban J connectivity index is 2.75. The van der Waals surface area contributed by atoms with Crippen molar-refractivity contribution in [2.75, 3.05) is 6.61 Å². The highest BCUT2D eigenvalue weighted by atomic mass is 32.2. The number of aromatic carboxylic acids is 1. The molecule has 2 N–H and O–H groups in total. The Bertz CT molecular complexity index is 552. The molecular weight excluding hydrogens is 291 g/mol. The molecule has 0 heterocycles. The lowest BCUT2D eigenvalue weighted by Crippen LogP contribution is -2.29. The van der Waals surface area contributed by atoms with Crippen molar-refractivity contribution < 1.29 is 36.3 Å². The fourth-order valence-corrected chi connectivity index (χ4v) is 1.82. The van der Waals surface area contributed by atoms with Gasteiger partial charge in [-0.05, 0) is 24.3 Å². The number of hydrogen-bond acceptors (Lipinski definition) is 4. The Morgan fingerprint density at radius 2 is 1.79 bits per heavy atom. The number of carbonyl (C=O) groups is 1. The van der Waals surface area contributed by atoms with E-state index < -0.39 is 33.7 Å². The summed E-state index contributed by atoms with van der Waals surface area (Å²) in [5.74, 6) is -1.26. The first-order chi connectivity index (χ1) is 8.62. The fourth-order valence-electron chi connectivity index (χ4n) is 1.01. The smallest absolute Gasteiger partial charge is 0.413 e. The van der Waals surface area contributed by atoms with Crippen LogP contribution in [-0.2, 0) is 14.9 Å². The molecule has 0 radical (unpaired) electrons. The van der Waals surface area contributed by atoms with Crippen molar-refractivity contribution in [3.05, 3.63) is 29.8 Å². The van der Waals surface area contributed by atoms with Crippen LogP contribution in [0.5, 0.6) is 0 Å². The van der Waals surface area contributed by atoms with E-state index in [4.69, 9.17) is 5.11 Å². The van der Waals surface area contributed by atoms with Crippen molar-refractivity contribution >= 4 is 16.0 Å². The van der Waals surface area contributed by atoms with Crippen LogP contribution in [0.3, 0.4) is 0 Å². The molecule has 1 rings (SSSR count). The van der Waals surface area contributed by atoms with E-state index in [2.05, 4.69) is 4.84 Å². The molecule has 0 aliphatic rings. The number of halogens is 3. The quantitative estimate of drug-likeness (QED) is 0.796. The number of benzene rings is 1. The predicted octanol–water partition coefficient (Wildman–Crippen LogP) is 1.16. The van der Waals surface area contributed by atoms with Crippen LogP contribution in [0.15, 0.2) is 29.2 Å². The van der Waals surface area contributed by atoms with E-state index >= 15 is 0 Å². The van der Waals surface area contributed by atoms with E-state index in [-0.39, 0.29) is 5.56 Å². The van der Waals surface area contributed by atoms with Crippen LogP contribution >= 0.6 is 0 Å². The SMILES string of the molecule is O=C(O)c1ccc(S(=O)(=O)NOCC(F)(F)F)cc1. The molecule has 6 nitrogen and oxygen atoms in total. The molecule has 0 amide bonds. The van der Waals surface area contributed by atoms with Gasteiger partial charge in [-0.3, -0.25) is 4.84 Å². The third-order valence-corrected chi connectivity index (χ3v) is 3.05. The van der Waals surface area contributed by atoms with Gasteiger partial charge in [-0.25, -0.2) is 13.2 Å². The maximum atomic E-state index is 11.7. The second kappa shape index (κ2) is 5.55. The lowest BCUT2D eigenvalue weighted by atomic mass is 10.2. The second-order valence-electron chi connectivity index (χ2n) is 3.32. The lowest BCUT2D eigenvalue weighted by molar-refractivity contribution is -0.181. The van der Waals surface area contributed by atoms with Crippen molar-refractivity contribution in [1.82, 2.24) is 4.89 Å². The van der Waals surface area contributed by atoms with Crippen LogP contribution in [0.25, 0.3) is 0 Å². The summed E-state index contributed by atoms with van der Waals surface area (Å²) < 4.78 is 58.1. The maximum Gasteiger partial charge on any atom is 0.413 e. The van der Waals surface area contributed by atoms with Gasteiger partial charge in [0.25, 0.3) is 10.0 Å². The fraction of sp³-hybridized carbons (Fsp3) is 0.222. The summed E-state index contributed by atoms with van der Waals surface area (Å²) in [6.45, 7) is -1.78. The van der Waals surface area contributed by atoms with Gasteiger partial charge >= 0.3 is 12.1 Å². The monoisotopic (exact) mass is 299 g/mol. The number of carboxylic acids is 1. The van der Waals surface area contributed by atoms with Gasteiger partial charge in [0.1, 0.15) is 0 Å². The minimum Gasteiger partial charge on any atom is -0.478 e. The number of hydrogen-bond donors (Lipinski definition) is 2. The maximum absolute atomic E-state index is 11.7. The third kappa shape index (κ3) is 4.85. The summed E-state index contributed by atoms with van der Waals surface area (Å²) in [7, 11) is -4.29. The molecule has 0 aromatic heterocycles. The average Bonchev–Trinajstić information content (AvgIpc) is 2.27. The van der Waals surface area contributed by atoms with Crippen molar-refractivity contribution in [3.63, 3.8) is 0 Å². The highest BCUT2D eigenvalue weighted by molar-refractivity contribution is 7.89. The summed E-state index contributed by atoms with van der Waals surface area (Å²) in [4.78, 5) is 15.2. The van der Waals surface area contributed by atoms with Crippen LogP contribution in [0.1, 0.15) is 10.4 Å². The zero-order chi connectivity index (χ0) is 14.7. The Hall–Kier alpha value is -1.65. The van der Waals surface area contributed by atoms with Gasteiger partial charge in [0.15, 0.2) is 6.61 Å². The molecule has 10 heteroatoms. The van der Waals surface area contributed by atoms with Gasteiger partial charge < -0.3 is 5.11 Å². The summed E-state index contributed by atoms with van der Waals surface area (Å²) >= 11 is 0. The molecule has 19 heavy (non-hydrogen) atoms. The molecule has 0 saturated carbocycles. The Morgan fingerprint density at radius 3 is 2.21 bits per heavy atom. The summed E-state index contributed by atoms with van der Waals surface area (Å²) in [6, 6.07) is 3.87. The molecule has 0 bridgehead atoms. The number of rotatable bonds is 5. The molecule has 0 aliphatic carbocycles. The van der Waals surface area contributed by atoms with Gasteiger partial charge in [0, 0.05) is 0 Å².